The van der Waals surface area contributed by atoms with Crippen molar-refractivity contribution in [1.82, 2.24) is 4.90 Å². The van der Waals surface area contributed by atoms with Gasteiger partial charge < -0.3 is 14.6 Å². The van der Waals surface area contributed by atoms with Gasteiger partial charge in [-0.25, -0.2) is 4.39 Å². The van der Waals surface area contributed by atoms with Gasteiger partial charge in [0, 0.05) is 31.3 Å². The first-order valence-electron chi connectivity index (χ1n) is 7.58. The van der Waals surface area contributed by atoms with E-state index in [0.29, 0.717) is 31.7 Å². The number of nitro benzene ring substituents is 1. The molecule has 1 saturated heterocycles. The second kappa shape index (κ2) is 6.69. The Morgan fingerprint density at radius 3 is 2.71 bits per heavy atom. The highest BCUT2D eigenvalue weighted by atomic mass is 19.1. The van der Waals surface area contributed by atoms with E-state index in [1.165, 1.54) is 6.26 Å². The summed E-state index contributed by atoms with van der Waals surface area (Å²) in [6.45, 7) is 1.00. The largest absolute Gasteiger partial charge is 0.459 e. The number of halogens is 1. The number of nitrogens with zero attached hydrogens (tertiary/aromatic N) is 2. The summed E-state index contributed by atoms with van der Waals surface area (Å²) in [6.07, 6.45) is 2.67. The van der Waals surface area contributed by atoms with Crippen LogP contribution >= 0.6 is 0 Å². The molecule has 0 unspecified atom stereocenters. The van der Waals surface area contributed by atoms with Gasteiger partial charge in [-0.1, -0.05) is 0 Å². The quantitative estimate of drug-likeness (QED) is 0.686. The molecular weight excluding hydrogens is 317 g/mol. The summed E-state index contributed by atoms with van der Waals surface area (Å²) in [4.78, 5) is 24.3. The maximum absolute atomic E-state index is 13.4. The van der Waals surface area contributed by atoms with Crippen molar-refractivity contribution in [3.8, 4) is 0 Å². The minimum atomic E-state index is -0.544. The first kappa shape index (κ1) is 16.0. The standard InChI is InChI=1S/C16H16FN3O4/c17-11-3-4-14(20(22)23)13(10-11)18-12-5-7-19(8-6-12)16(21)15-2-1-9-24-15/h1-4,9-10,12,18H,5-8H2. The van der Waals surface area contributed by atoms with Gasteiger partial charge in [0.25, 0.3) is 11.6 Å². The third-order valence-electron chi connectivity index (χ3n) is 4.03. The van der Waals surface area contributed by atoms with Crippen LogP contribution in [0.5, 0.6) is 0 Å². The molecule has 7 nitrogen and oxygen atoms in total. The third-order valence-corrected chi connectivity index (χ3v) is 4.03. The fourth-order valence-corrected chi connectivity index (χ4v) is 2.79. The molecule has 0 saturated carbocycles. The molecule has 24 heavy (non-hydrogen) atoms. The van der Waals surface area contributed by atoms with E-state index in [1.807, 2.05) is 0 Å². The molecule has 3 rings (SSSR count). The van der Waals surface area contributed by atoms with Crippen LogP contribution in [0.2, 0.25) is 0 Å². The molecule has 1 aromatic heterocycles. The van der Waals surface area contributed by atoms with Gasteiger partial charge in [0.2, 0.25) is 0 Å². The SMILES string of the molecule is O=C(c1ccco1)N1CCC(Nc2cc(F)ccc2[N+](=O)[O-])CC1. The van der Waals surface area contributed by atoms with Crippen LogP contribution in [-0.2, 0) is 0 Å². The van der Waals surface area contributed by atoms with Crippen molar-refractivity contribution in [1.29, 1.82) is 0 Å². The second-order valence-electron chi connectivity index (χ2n) is 5.61. The van der Waals surface area contributed by atoms with Crippen molar-refractivity contribution in [2.75, 3.05) is 18.4 Å². The number of nitrogens with one attached hydrogen (secondary N) is 1. The summed E-state index contributed by atoms with van der Waals surface area (Å²) in [6, 6.07) is 6.54. The maximum Gasteiger partial charge on any atom is 0.292 e. The molecule has 1 fully saturated rings. The number of hydrogen-bond acceptors (Lipinski definition) is 5. The van der Waals surface area contributed by atoms with Gasteiger partial charge >= 0.3 is 0 Å². The average Bonchev–Trinajstić information content (AvgIpc) is 3.09. The monoisotopic (exact) mass is 333 g/mol. The fourth-order valence-electron chi connectivity index (χ4n) is 2.79. The van der Waals surface area contributed by atoms with Crippen molar-refractivity contribution in [2.45, 2.75) is 18.9 Å². The Bertz CT molecular complexity index is 740. The Hall–Kier alpha value is -2.90. The van der Waals surface area contributed by atoms with E-state index in [0.717, 1.165) is 18.2 Å². The summed E-state index contributed by atoms with van der Waals surface area (Å²) in [5.41, 5.74) is 0.00121. The molecule has 2 heterocycles. The van der Waals surface area contributed by atoms with Crippen LogP contribution in [0.1, 0.15) is 23.4 Å². The smallest absolute Gasteiger partial charge is 0.292 e. The Kier molecular flexibility index (Phi) is 4.45. The zero-order valence-electron chi connectivity index (χ0n) is 12.8. The van der Waals surface area contributed by atoms with Gasteiger partial charge in [-0.3, -0.25) is 14.9 Å². The normalized spacial score (nSPS) is 15.3. The number of nitro groups is 1. The first-order valence-corrected chi connectivity index (χ1v) is 7.58. The van der Waals surface area contributed by atoms with Gasteiger partial charge in [-0.05, 0) is 31.0 Å². The van der Waals surface area contributed by atoms with E-state index >= 15 is 0 Å². The molecule has 0 spiro atoms. The predicted octanol–water partition coefficient (Wildman–Crippen LogP) is 3.04. The molecule has 1 N–H and O–H groups in total. The summed E-state index contributed by atoms with van der Waals surface area (Å²) in [5, 5.41) is 14.1. The van der Waals surface area contributed by atoms with Crippen LogP contribution in [-0.4, -0.2) is 34.9 Å². The lowest BCUT2D eigenvalue weighted by Gasteiger charge is -2.32. The molecule has 0 atom stereocenters. The van der Waals surface area contributed by atoms with Crippen LogP contribution in [0.4, 0.5) is 15.8 Å². The molecule has 0 bridgehead atoms. The maximum atomic E-state index is 13.4. The number of hydrogen-bond donors (Lipinski definition) is 1. The van der Waals surface area contributed by atoms with Crippen LogP contribution in [0.3, 0.4) is 0 Å². The summed E-state index contributed by atoms with van der Waals surface area (Å²) < 4.78 is 18.5. The number of carbonyl (C=O) groups excluding carboxylic acids is 1. The highest BCUT2D eigenvalue weighted by molar-refractivity contribution is 5.91. The summed E-state index contributed by atoms with van der Waals surface area (Å²) in [7, 11) is 0. The van der Waals surface area contributed by atoms with Crippen LogP contribution in [0.25, 0.3) is 0 Å². The molecule has 2 aromatic rings. The van der Waals surface area contributed by atoms with Gasteiger partial charge in [-0.2, -0.15) is 0 Å². The number of anilines is 1. The van der Waals surface area contributed by atoms with E-state index in [1.54, 1.807) is 17.0 Å². The van der Waals surface area contributed by atoms with Crippen LogP contribution in [0, 0.1) is 15.9 Å². The van der Waals surface area contributed by atoms with Crippen LogP contribution < -0.4 is 5.32 Å². The highest BCUT2D eigenvalue weighted by Crippen LogP contribution is 2.27. The van der Waals surface area contributed by atoms with Gasteiger partial charge in [0.05, 0.1) is 11.2 Å². The molecule has 126 valence electrons. The number of likely N-dealkylation sites (tertiary alicyclic amines) is 1. The molecule has 1 aliphatic rings. The Morgan fingerprint density at radius 1 is 1.33 bits per heavy atom. The second-order valence-corrected chi connectivity index (χ2v) is 5.61. The topological polar surface area (TPSA) is 88.6 Å². The number of carbonyl (C=O) groups is 1. The lowest BCUT2D eigenvalue weighted by molar-refractivity contribution is -0.384. The minimum Gasteiger partial charge on any atom is -0.459 e. The summed E-state index contributed by atoms with van der Waals surface area (Å²) >= 11 is 0. The molecule has 8 heteroatoms. The average molecular weight is 333 g/mol. The zero-order chi connectivity index (χ0) is 17.1. The Morgan fingerprint density at radius 2 is 2.08 bits per heavy atom. The number of furan rings is 1. The minimum absolute atomic E-state index is 0.0637. The van der Waals surface area contributed by atoms with E-state index in [4.69, 9.17) is 4.42 Å². The fraction of sp³-hybridized carbons (Fsp3) is 0.312. The van der Waals surface area contributed by atoms with Gasteiger partial charge in [0.1, 0.15) is 11.5 Å². The van der Waals surface area contributed by atoms with E-state index in [-0.39, 0.29) is 23.3 Å². The van der Waals surface area contributed by atoms with Gasteiger partial charge in [0.15, 0.2) is 5.76 Å². The molecular formula is C16H16FN3O4. The lowest BCUT2D eigenvalue weighted by Crippen LogP contribution is -2.42. The number of amides is 1. The van der Waals surface area contributed by atoms with E-state index in [2.05, 4.69) is 5.32 Å². The van der Waals surface area contributed by atoms with E-state index < -0.39 is 10.7 Å². The van der Waals surface area contributed by atoms with Gasteiger partial charge in [-0.15, -0.1) is 0 Å². The number of piperidine rings is 1. The number of benzene rings is 1. The first-order chi connectivity index (χ1) is 11.5. The highest BCUT2D eigenvalue weighted by Gasteiger charge is 2.26. The molecule has 1 aromatic carbocycles. The molecule has 1 amide bonds. The van der Waals surface area contributed by atoms with Crippen LogP contribution in [0.15, 0.2) is 41.0 Å². The van der Waals surface area contributed by atoms with Crippen molar-refractivity contribution in [3.05, 3.63) is 58.3 Å². The van der Waals surface area contributed by atoms with Crippen molar-refractivity contribution in [3.63, 3.8) is 0 Å². The van der Waals surface area contributed by atoms with Crippen molar-refractivity contribution in [2.24, 2.45) is 0 Å². The lowest BCUT2D eigenvalue weighted by atomic mass is 10.0. The predicted molar refractivity (Wildman–Crippen MR) is 84.3 cm³/mol. The Balaban J connectivity index is 1.63. The molecule has 0 radical (unpaired) electrons. The Labute approximate surface area is 137 Å². The summed E-state index contributed by atoms with van der Waals surface area (Å²) in [5.74, 6) is -0.411. The third kappa shape index (κ3) is 3.37. The van der Waals surface area contributed by atoms with E-state index in [9.17, 15) is 19.3 Å². The zero-order valence-corrected chi connectivity index (χ0v) is 12.8. The molecule has 0 aliphatic carbocycles. The van der Waals surface area contributed by atoms with Crippen molar-refractivity contribution >= 4 is 17.3 Å². The molecule has 1 aliphatic heterocycles. The number of rotatable bonds is 4. The van der Waals surface area contributed by atoms with Crippen molar-refractivity contribution < 1.29 is 18.5 Å².